The molecule has 0 bridgehead atoms. The van der Waals surface area contributed by atoms with Gasteiger partial charge in [-0.3, -0.25) is 9.59 Å². The first-order valence-corrected chi connectivity index (χ1v) is 7.17. The number of carbonyl (C=O) groups is 2. The van der Waals surface area contributed by atoms with E-state index in [0.29, 0.717) is 23.3 Å². The van der Waals surface area contributed by atoms with Crippen LogP contribution >= 0.6 is 0 Å². The van der Waals surface area contributed by atoms with Crippen LogP contribution < -0.4 is 0 Å². The quantitative estimate of drug-likeness (QED) is 0.816. The van der Waals surface area contributed by atoms with Gasteiger partial charge in [0.1, 0.15) is 0 Å². The molecule has 0 N–H and O–H groups in total. The SMILES string of the molecule is O=C1c2ccccc2C(=O)N1OC1CC(c2ccccc2)=NO1. The van der Waals surface area contributed by atoms with Crippen LogP contribution in [0.15, 0.2) is 59.8 Å². The Morgan fingerprint density at radius 1 is 0.957 bits per heavy atom. The van der Waals surface area contributed by atoms with E-state index in [1.54, 1.807) is 24.3 Å². The number of rotatable bonds is 3. The highest BCUT2D eigenvalue weighted by molar-refractivity contribution is 6.20. The van der Waals surface area contributed by atoms with E-state index in [9.17, 15) is 9.59 Å². The van der Waals surface area contributed by atoms with Gasteiger partial charge in [-0.15, -0.1) is 5.06 Å². The number of hydroxylamine groups is 2. The number of benzene rings is 2. The molecule has 0 fully saturated rings. The second-order valence-corrected chi connectivity index (χ2v) is 5.20. The highest BCUT2D eigenvalue weighted by Crippen LogP contribution is 2.26. The lowest BCUT2D eigenvalue weighted by Gasteiger charge is -2.16. The van der Waals surface area contributed by atoms with Crippen molar-refractivity contribution in [1.82, 2.24) is 5.06 Å². The first kappa shape index (κ1) is 13.7. The zero-order chi connectivity index (χ0) is 15.8. The van der Waals surface area contributed by atoms with E-state index in [1.807, 2.05) is 30.3 Å². The Bertz CT molecular complexity index is 781. The minimum absolute atomic E-state index is 0.333. The summed E-state index contributed by atoms with van der Waals surface area (Å²) in [7, 11) is 0. The van der Waals surface area contributed by atoms with Gasteiger partial charge in [0.15, 0.2) is 0 Å². The fraction of sp³-hybridized carbons (Fsp3) is 0.118. The summed E-state index contributed by atoms with van der Waals surface area (Å²) in [6.07, 6.45) is -0.440. The highest BCUT2D eigenvalue weighted by Gasteiger charge is 2.39. The average molecular weight is 308 g/mol. The number of hydrogen-bond acceptors (Lipinski definition) is 5. The molecule has 23 heavy (non-hydrogen) atoms. The summed E-state index contributed by atoms with van der Waals surface area (Å²) in [5, 5.41) is 4.72. The van der Waals surface area contributed by atoms with E-state index in [1.165, 1.54) is 0 Å². The molecule has 2 heterocycles. The van der Waals surface area contributed by atoms with Crippen molar-refractivity contribution in [3.05, 3.63) is 71.3 Å². The van der Waals surface area contributed by atoms with Crippen LogP contribution in [-0.4, -0.2) is 28.9 Å². The number of carbonyl (C=O) groups excluding carboxylic acids is 2. The molecule has 4 rings (SSSR count). The molecule has 0 aromatic heterocycles. The van der Waals surface area contributed by atoms with Gasteiger partial charge in [0, 0.05) is 0 Å². The molecule has 0 aliphatic carbocycles. The highest BCUT2D eigenvalue weighted by atomic mass is 16.8. The van der Waals surface area contributed by atoms with E-state index in [2.05, 4.69) is 5.16 Å². The van der Waals surface area contributed by atoms with Crippen LogP contribution in [0.4, 0.5) is 0 Å². The van der Waals surface area contributed by atoms with Gasteiger partial charge in [0.05, 0.1) is 23.3 Å². The third-order valence-electron chi connectivity index (χ3n) is 3.73. The monoisotopic (exact) mass is 308 g/mol. The Morgan fingerprint density at radius 3 is 2.22 bits per heavy atom. The fourth-order valence-electron chi connectivity index (χ4n) is 2.59. The Morgan fingerprint density at radius 2 is 1.57 bits per heavy atom. The molecule has 0 radical (unpaired) electrons. The van der Waals surface area contributed by atoms with Gasteiger partial charge in [0.25, 0.3) is 18.1 Å². The second kappa shape index (κ2) is 5.33. The molecule has 2 amide bonds. The van der Waals surface area contributed by atoms with Crippen molar-refractivity contribution in [2.45, 2.75) is 12.7 Å². The van der Waals surface area contributed by atoms with Crippen molar-refractivity contribution < 1.29 is 19.3 Å². The third-order valence-corrected chi connectivity index (χ3v) is 3.73. The molecule has 0 saturated heterocycles. The maximum atomic E-state index is 12.2. The molecule has 6 nitrogen and oxygen atoms in total. The molecular formula is C17H12N2O4. The van der Waals surface area contributed by atoms with Gasteiger partial charge in [-0.2, -0.15) is 0 Å². The second-order valence-electron chi connectivity index (χ2n) is 5.20. The topological polar surface area (TPSA) is 68.2 Å². The lowest BCUT2D eigenvalue weighted by molar-refractivity contribution is -0.222. The Kier molecular flexibility index (Phi) is 3.17. The number of amides is 2. The first-order valence-electron chi connectivity index (χ1n) is 7.17. The number of fused-ring (bicyclic) bond motifs is 1. The predicted octanol–water partition coefficient (Wildman–Crippen LogP) is 2.36. The summed E-state index contributed by atoms with van der Waals surface area (Å²) in [6.45, 7) is 0. The van der Waals surface area contributed by atoms with Crippen LogP contribution in [0, 0.1) is 0 Å². The summed E-state index contributed by atoms with van der Waals surface area (Å²) in [5.41, 5.74) is 2.30. The molecule has 0 spiro atoms. The van der Waals surface area contributed by atoms with Gasteiger partial charge in [-0.25, -0.2) is 4.84 Å². The summed E-state index contributed by atoms with van der Waals surface area (Å²) < 4.78 is 0. The van der Waals surface area contributed by atoms with Gasteiger partial charge >= 0.3 is 0 Å². The van der Waals surface area contributed by atoms with Gasteiger partial charge in [0.2, 0.25) is 0 Å². The summed E-state index contributed by atoms with van der Waals surface area (Å²) in [4.78, 5) is 35.1. The summed E-state index contributed by atoms with van der Waals surface area (Å²) >= 11 is 0. The molecular weight excluding hydrogens is 296 g/mol. The van der Waals surface area contributed by atoms with Crippen molar-refractivity contribution in [2.24, 2.45) is 5.16 Å². The maximum Gasteiger partial charge on any atom is 0.286 e. The van der Waals surface area contributed by atoms with Gasteiger partial charge in [-0.05, 0) is 17.7 Å². The lowest BCUT2D eigenvalue weighted by Crippen LogP contribution is -2.34. The van der Waals surface area contributed by atoms with E-state index in [-0.39, 0.29) is 0 Å². The van der Waals surface area contributed by atoms with Gasteiger partial charge < -0.3 is 4.84 Å². The Hall–Kier alpha value is -2.99. The van der Waals surface area contributed by atoms with Crippen molar-refractivity contribution in [1.29, 1.82) is 0 Å². The normalized spacial score (nSPS) is 19.6. The molecule has 114 valence electrons. The van der Waals surface area contributed by atoms with Crippen LogP contribution in [0.1, 0.15) is 32.7 Å². The van der Waals surface area contributed by atoms with Crippen LogP contribution in [-0.2, 0) is 9.68 Å². The number of nitrogens with zero attached hydrogens (tertiary/aromatic N) is 2. The maximum absolute atomic E-state index is 12.2. The minimum Gasteiger partial charge on any atom is -0.361 e. The summed E-state index contributed by atoms with van der Waals surface area (Å²) in [5.74, 6) is -0.968. The standard InChI is InChI=1S/C17H12N2O4/c20-16-12-8-4-5-9-13(12)17(21)19(16)23-15-10-14(18-22-15)11-6-2-1-3-7-11/h1-9,15H,10H2. The van der Waals surface area contributed by atoms with Crippen molar-refractivity contribution in [2.75, 3.05) is 0 Å². The van der Waals surface area contributed by atoms with Crippen LogP contribution in [0.2, 0.25) is 0 Å². The van der Waals surface area contributed by atoms with Crippen LogP contribution in [0.3, 0.4) is 0 Å². The largest absolute Gasteiger partial charge is 0.361 e. The van der Waals surface area contributed by atoms with Crippen molar-refractivity contribution in [3.8, 4) is 0 Å². The predicted molar refractivity (Wildman–Crippen MR) is 80.5 cm³/mol. The first-order chi connectivity index (χ1) is 11.2. The summed E-state index contributed by atoms with van der Waals surface area (Å²) in [6, 6.07) is 16.1. The fourth-order valence-corrected chi connectivity index (χ4v) is 2.59. The van der Waals surface area contributed by atoms with E-state index < -0.39 is 18.1 Å². The molecule has 2 aromatic rings. The van der Waals surface area contributed by atoms with E-state index in [0.717, 1.165) is 10.6 Å². The minimum atomic E-state index is -0.799. The molecule has 1 atom stereocenters. The molecule has 1 unspecified atom stereocenters. The van der Waals surface area contributed by atoms with E-state index in [4.69, 9.17) is 9.68 Å². The Balaban J connectivity index is 1.47. The molecule has 0 saturated carbocycles. The van der Waals surface area contributed by atoms with Crippen molar-refractivity contribution in [3.63, 3.8) is 0 Å². The zero-order valence-electron chi connectivity index (χ0n) is 12.0. The lowest BCUT2D eigenvalue weighted by atomic mass is 10.1. The zero-order valence-corrected chi connectivity index (χ0v) is 12.0. The number of oxime groups is 1. The van der Waals surface area contributed by atoms with Crippen LogP contribution in [0.5, 0.6) is 0 Å². The molecule has 2 aliphatic rings. The average Bonchev–Trinajstić information content (AvgIpc) is 3.16. The Labute approximate surface area is 131 Å². The number of hydrogen-bond donors (Lipinski definition) is 0. The molecule has 2 aromatic carbocycles. The van der Waals surface area contributed by atoms with Crippen molar-refractivity contribution >= 4 is 17.5 Å². The van der Waals surface area contributed by atoms with Gasteiger partial charge in [-0.1, -0.05) is 47.6 Å². The van der Waals surface area contributed by atoms with E-state index >= 15 is 0 Å². The third kappa shape index (κ3) is 2.29. The molecule has 2 aliphatic heterocycles. The molecule has 6 heteroatoms. The smallest absolute Gasteiger partial charge is 0.286 e. The number of imide groups is 1. The van der Waals surface area contributed by atoms with Crippen LogP contribution in [0.25, 0.3) is 0 Å².